The predicted molar refractivity (Wildman–Crippen MR) is 104 cm³/mol. The van der Waals surface area contributed by atoms with Crippen molar-refractivity contribution in [2.24, 2.45) is 16.6 Å². The highest BCUT2D eigenvalue weighted by Gasteiger charge is 2.18. The van der Waals surface area contributed by atoms with E-state index in [1.165, 1.54) is 0 Å². The molecule has 0 aromatic heterocycles. The number of anilines is 1. The maximum Gasteiger partial charge on any atom is 0.188 e. The minimum Gasteiger partial charge on any atom is -0.370 e. The SMILES string of the molecule is CCN1CCN(c2ccc(CN=C(N)NCCC(C)C)cc2F)CC1. The minimum atomic E-state index is -0.177. The Kier molecular flexibility index (Phi) is 7.50. The van der Waals surface area contributed by atoms with Crippen molar-refractivity contribution in [3.63, 3.8) is 0 Å². The number of hydrogen-bond acceptors (Lipinski definition) is 3. The lowest BCUT2D eigenvalue weighted by molar-refractivity contribution is 0.270. The Morgan fingerprint density at radius 3 is 2.60 bits per heavy atom. The largest absolute Gasteiger partial charge is 0.370 e. The Hall–Kier alpha value is -1.82. The Morgan fingerprint density at radius 1 is 1.28 bits per heavy atom. The van der Waals surface area contributed by atoms with Crippen molar-refractivity contribution in [1.29, 1.82) is 0 Å². The molecular weight excluding hydrogens is 317 g/mol. The fraction of sp³-hybridized carbons (Fsp3) is 0.632. The zero-order valence-corrected chi connectivity index (χ0v) is 15.8. The van der Waals surface area contributed by atoms with Crippen molar-refractivity contribution in [3.8, 4) is 0 Å². The Bertz CT molecular complexity index is 565. The lowest BCUT2D eigenvalue weighted by Crippen LogP contribution is -2.46. The number of likely N-dealkylation sites (N-methyl/N-ethyl adjacent to an activating group) is 1. The summed E-state index contributed by atoms with van der Waals surface area (Å²) in [5.74, 6) is 0.867. The van der Waals surface area contributed by atoms with Crippen molar-refractivity contribution in [2.75, 3.05) is 44.2 Å². The fourth-order valence-electron chi connectivity index (χ4n) is 2.93. The molecule has 1 heterocycles. The highest BCUT2D eigenvalue weighted by atomic mass is 19.1. The van der Waals surface area contributed by atoms with Crippen LogP contribution in [0.5, 0.6) is 0 Å². The normalized spacial score (nSPS) is 16.5. The number of halogens is 1. The maximum absolute atomic E-state index is 14.5. The second-order valence-corrected chi connectivity index (χ2v) is 7.02. The number of piperazine rings is 1. The molecule has 140 valence electrons. The molecule has 0 atom stereocenters. The average Bonchev–Trinajstić information content (AvgIpc) is 2.60. The highest BCUT2D eigenvalue weighted by molar-refractivity contribution is 5.77. The molecule has 0 saturated carbocycles. The number of aliphatic imine (C=N–C) groups is 1. The molecule has 5 nitrogen and oxygen atoms in total. The summed E-state index contributed by atoms with van der Waals surface area (Å²) in [5.41, 5.74) is 7.37. The van der Waals surface area contributed by atoms with E-state index >= 15 is 0 Å². The van der Waals surface area contributed by atoms with Gasteiger partial charge >= 0.3 is 0 Å². The monoisotopic (exact) mass is 349 g/mol. The van der Waals surface area contributed by atoms with E-state index in [4.69, 9.17) is 5.73 Å². The van der Waals surface area contributed by atoms with E-state index in [1.54, 1.807) is 6.07 Å². The van der Waals surface area contributed by atoms with Crippen LogP contribution in [0.2, 0.25) is 0 Å². The van der Waals surface area contributed by atoms with Gasteiger partial charge in [0.15, 0.2) is 5.96 Å². The van der Waals surface area contributed by atoms with Crippen molar-refractivity contribution in [1.82, 2.24) is 10.2 Å². The van der Waals surface area contributed by atoms with Gasteiger partial charge in [-0.25, -0.2) is 9.38 Å². The van der Waals surface area contributed by atoms with Crippen molar-refractivity contribution >= 4 is 11.6 Å². The van der Waals surface area contributed by atoms with Gasteiger partial charge in [0.1, 0.15) is 5.82 Å². The van der Waals surface area contributed by atoms with Gasteiger partial charge in [-0.3, -0.25) is 0 Å². The first kappa shape index (κ1) is 19.5. The first-order valence-electron chi connectivity index (χ1n) is 9.29. The second-order valence-electron chi connectivity index (χ2n) is 7.02. The van der Waals surface area contributed by atoms with Gasteiger partial charge in [-0.05, 0) is 36.6 Å². The third-order valence-corrected chi connectivity index (χ3v) is 4.63. The van der Waals surface area contributed by atoms with Crippen molar-refractivity contribution in [3.05, 3.63) is 29.6 Å². The summed E-state index contributed by atoms with van der Waals surface area (Å²) < 4.78 is 14.5. The third-order valence-electron chi connectivity index (χ3n) is 4.63. The summed E-state index contributed by atoms with van der Waals surface area (Å²) in [5, 5.41) is 3.09. The highest BCUT2D eigenvalue weighted by Crippen LogP contribution is 2.22. The van der Waals surface area contributed by atoms with Gasteiger partial charge in [-0.15, -0.1) is 0 Å². The van der Waals surface area contributed by atoms with Gasteiger partial charge in [0.05, 0.1) is 12.2 Å². The molecule has 0 unspecified atom stereocenters. The van der Waals surface area contributed by atoms with Crippen LogP contribution < -0.4 is 16.0 Å². The molecule has 1 fully saturated rings. The van der Waals surface area contributed by atoms with Gasteiger partial charge in [0.25, 0.3) is 0 Å². The summed E-state index contributed by atoms with van der Waals surface area (Å²) >= 11 is 0. The smallest absolute Gasteiger partial charge is 0.188 e. The van der Waals surface area contributed by atoms with Gasteiger partial charge in [0, 0.05) is 32.7 Å². The number of nitrogens with one attached hydrogen (secondary N) is 1. The van der Waals surface area contributed by atoms with E-state index in [1.807, 2.05) is 12.1 Å². The van der Waals surface area contributed by atoms with Crippen molar-refractivity contribution in [2.45, 2.75) is 33.7 Å². The van der Waals surface area contributed by atoms with Crippen LogP contribution in [-0.4, -0.2) is 50.1 Å². The molecule has 6 heteroatoms. The van der Waals surface area contributed by atoms with Crippen LogP contribution in [0.3, 0.4) is 0 Å². The molecular formula is C19H32FN5. The average molecular weight is 349 g/mol. The van der Waals surface area contributed by atoms with Gasteiger partial charge in [-0.2, -0.15) is 0 Å². The van der Waals surface area contributed by atoms with Crippen LogP contribution in [-0.2, 0) is 6.54 Å². The van der Waals surface area contributed by atoms with E-state index < -0.39 is 0 Å². The van der Waals surface area contributed by atoms with E-state index in [0.717, 1.165) is 51.3 Å². The third kappa shape index (κ3) is 6.20. The van der Waals surface area contributed by atoms with E-state index in [9.17, 15) is 4.39 Å². The quantitative estimate of drug-likeness (QED) is 0.586. The summed E-state index contributed by atoms with van der Waals surface area (Å²) in [7, 11) is 0. The zero-order valence-electron chi connectivity index (χ0n) is 15.8. The molecule has 2 rings (SSSR count). The lowest BCUT2D eigenvalue weighted by atomic mass is 10.1. The molecule has 25 heavy (non-hydrogen) atoms. The molecule has 3 N–H and O–H groups in total. The van der Waals surface area contributed by atoms with E-state index in [2.05, 4.69) is 40.9 Å². The maximum atomic E-state index is 14.5. The fourth-order valence-corrected chi connectivity index (χ4v) is 2.93. The first-order valence-corrected chi connectivity index (χ1v) is 9.29. The number of hydrogen-bond donors (Lipinski definition) is 2. The van der Waals surface area contributed by atoms with Crippen LogP contribution in [0.4, 0.5) is 10.1 Å². The summed E-state index contributed by atoms with van der Waals surface area (Å²) in [6, 6.07) is 5.38. The molecule has 0 spiro atoms. The van der Waals surface area contributed by atoms with E-state index in [0.29, 0.717) is 24.1 Å². The van der Waals surface area contributed by atoms with Crippen LogP contribution >= 0.6 is 0 Å². The Labute approximate surface area is 151 Å². The van der Waals surface area contributed by atoms with Gasteiger partial charge in [0.2, 0.25) is 0 Å². The molecule has 1 aromatic rings. The molecule has 1 aromatic carbocycles. The molecule has 1 aliphatic heterocycles. The number of rotatable bonds is 7. The Balaban J connectivity index is 1.89. The molecule has 1 saturated heterocycles. The molecule has 0 amide bonds. The number of nitrogens with zero attached hydrogens (tertiary/aromatic N) is 3. The predicted octanol–water partition coefficient (Wildman–Crippen LogP) is 2.42. The van der Waals surface area contributed by atoms with Gasteiger partial charge < -0.3 is 20.9 Å². The lowest BCUT2D eigenvalue weighted by Gasteiger charge is -2.35. The number of benzene rings is 1. The summed E-state index contributed by atoms with van der Waals surface area (Å²) in [6.07, 6.45) is 1.05. The second kappa shape index (κ2) is 9.61. The van der Waals surface area contributed by atoms with Crippen molar-refractivity contribution < 1.29 is 4.39 Å². The molecule has 1 aliphatic rings. The number of guanidine groups is 1. The van der Waals surface area contributed by atoms with Gasteiger partial charge in [-0.1, -0.05) is 26.8 Å². The van der Waals surface area contributed by atoms with Crippen LogP contribution in [0.1, 0.15) is 32.8 Å². The molecule has 0 aliphatic carbocycles. The Morgan fingerprint density at radius 2 is 2.00 bits per heavy atom. The standard InChI is InChI=1S/C19H32FN5/c1-4-24-9-11-25(12-10-24)18-6-5-16(13-17(18)20)14-23-19(21)22-8-7-15(2)3/h5-6,13,15H,4,7-12,14H2,1-3H3,(H3,21,22,23). The van der Waals surface area contributed by atoms with Crippen LogP contribution in [0.15, 0.2) is 23.2 Å². The summed E-state index contributed by atoms with van der Waals surface area (Å²) in [4.78, 5) is 8.79. The summed E-state index contributed by atoms with van der Waals surface area (Å²) in [6.45, 7) is 12.5. The number of nitrogens with two attached hydrogens (primary N) is 1. The topological polar surface area (TPSA) is 56.9 Å². The molecule has 0 bridgehead atoms. The first-order chi connectivity index (χ1) is 12.0. The van der Waals surface area contributed by atoms with Crippen LogP contribution in [0.25, 0.3) is 0 Å². The van der Waals surface area contributed by atoms with E-state index in [-0.39, 0.29) is 5.82 Å². The minimum absolute atomic E-state index is 0.177. The zero-order chi connectivity index (χ0) is 18.2. The molecule has 0 radical (unpaired) electrons. The van der Waals surface area contributed by atoms with Crippen LogP contribution in [0, 0.1) is 11.7 Å².